The van der Waals surface area contributed by atoms with E-state index in [1.54, 1.807) is 18.2 Å². The van der Waals surface area contributed by atoms with Gasteiger partial charge in [0.2, 0.25) is 5.89 Å². The number of oxazole rings is 1. The van der Waals surface area contributed by atoms with Crippen molar-refractivity contribution in [3.05, 3.63) is 48.5 Å². The van der Waals surface area contributed by atoms with Crippen molar-refractivity contribution in [2.75, 3.05) is 0 Å². The normalized spacial score (nSPS) is 10.8. The molecule has 0 saturated heterocycles. The maximum absolute atomic E-state index is 9.33. The van der Waals surface area contributed by atoms with E-state index in [1.807, 2.05) is 30.3 Å². The summed E-state index contributed by atoms with van der Waals surface area (Å²) in [6.07, 6.45) is 0. The molecule has 0 bridgehead atoms. The molecule has 78 valence electrons. The van der Waals surface area contributed by atoms with Crippen LogP contribution in [0.2, 0.25) is 0 Å². The van der Waals surface area contributed by atoms with E-state index in [-0.39, 0.29) is 5.75 Å². The molecule has 0 radical (unpaired) electrons. The second-order valence-electron chi connectivity index (χ2n) is 3.54. The number of nitrogens with zero attached hydrogens (tertiary/aromatic N) is 1. The number of fused-ring (bicyclic) bond motifs is 1. The van der Waals surface area contributed by atoms with Crippen molar-refractivity contribution in [1.29, 1.82) is 0 Å². The monoisotopic (exact) mass is 211 g/mol. The van der Waals surface area contributed by atoms with Crippen LogP contribution in [0.5, 0.6) is 5.75 Å². The molecule has 0 amide bonds. The van der Waals surface area contributed by atoms with Gasteiger partial charge in [0.05, 0.1) is 0 Å². The lowest BCUT2D eigenvalue weighted by atomic mass is 10.2. The molecule has 0 aliphatic carbocycles. The second kappa shape index (κ2) is 3.38. The van der Waals surface area contributed by atoms with Gasteiger partial charge in [0.1, 0.15) is 11.3 Å². The Hall–Kier alpha value is -2.29. The molecule has 1 N–H and O–H groups in total. The molecule has 3 rings (SSSR count). The van der Waals surface area contributed by atoms with E-state index in [0.29, 0.717) is 17.0 Å². The Morgan fingerprint density at radius 2 is 1.81 bits per heavy atom. The van der Waals surface area contributed by atoms with Crippen LogP contribution in [-0.4, -0.2) is 10.1 Å². The number of hydrogen-bond acceptors (Lipinski definition) is 3. The zero-order valence-electron chi connectivity index (χ0n) is 8.42. The van der Waals surface area contributed by atoms with Crippen LogP contribution in [0.4, 0.5) is 0 Å². The highest BCUT2D eigenvalue weighted by molar-refractivity contribution is 5.77. The van der Waals surface area contributed by atoms with Crippen molar-refractivity contribution >= 4 is 11.1 Å². The Morgan fingerprint density at radius 1 is 1.00 bits per heavy atom. The quantitative estimate of drug-likeness (QED) is 0.672. The molecular weight excluding hydrogens is 202 g/mol. The summed E-state index contributed by atoms with van der Waals surface area (Å²) in [6, 6.07) is 14.6. The summed E-state index contributed by atoms with van der Waals surface area (Å²) in [4.78, 5) is 4.32. The van der Waals surface area contributed by atoms with Crippen LogP contribution < -0.4 is 0 Å². The van der Waals surface area contributed by atoms with Crippen molar-refractivity contribution in [3.8, 4) is 17.2 Å². The average Bonchev–Trinajstić information content (AvgIpc) is 2.73. The van der Waals surface area contributed by atoms with E-state index in [1.165, 1.54) is 0 Å². The van der Waals surface area contributed by atoms with Crippen molar-refractivity contribution in [2.45, 2.75) is 0 Å². The summed E-state index contributed by atoms with van der Waals surface area (Å²) in [5.74, 6) is 0.765. The number of hydrogen-bond donors (Lipinski definition) is 1. The lowest BCUT2D eigenvalue weighted by Crippen LogP contribution is -1.74. The third-order valence-corrected chi connectivity index (χ3v) is 2.39. The second-order valence-corrected chi connectivity index (χ2v) is 3.54. The van der Waals surface area contributed by atoms with E-state index in [9.17, 15) is 5.11 Å². The van der Waals surface area contributed by atoms with Crippen LogP contribution in [0.25, 0.3) is 22.6 Å². The fraction of sp³-hybridized carbons (Fsp3) is 0. The highest BCUT2D eigenvalue weighted by Crippen LogP contribution is 2.26. The van der Waals surface area contributed by atoms with E-state index >= 15 is 0 Å². The molecular formula is C13H9NO2. The van der Waals surface area contributed by atoms with Crippen molar-refractivity contribution in [1.82, 2.24) is 4.98 Å². The molecule has 3 aromatic rings. The molecule has 1 heterocycles. The summed E-state index contributed by atoms with van der Waals surface area (Å²) in [5, 5.41) is 9.33. The minimum absolute atomic E-state index is 0.195. The lowest BCUT2D eigenvalue weighted by molar-refractivity contribution is 0.476. The van der Waals surface area contributed by atoms with Crippen LogP contribution in [0.1, 0.15) is 0 Å². The van der Waals surface area contributed by atoms with Crippen LogP contribution in [-0.2, 0) is 0 Å². The Bertz CT molecular complexity index is 629. The third-order valence-electron chi connectivity index (χ3n) is 2.39. The van der Waals surface area contributed by atoms with Gasteiger partial charge in [0.15, 0.2) is 5.58 Å². The largest absolute Gasteiger partial charge is 0.508 e. The topological polar surface area (TPSA) is 46.3 Å². The molecule has 0 aliphatic rings. The minimum Gasteiger partial charge on any atom is -0.508 e. The van der Waals surface area contributed by atoms with Crippen LogP contribution in [0, 0.1) is 0 Å². The van der Waals surface area contributed by atoms with Crippen LogP contribution in [0.15, 0.2) is 52.9 Å². The first-order chi connectivity index (χ1) is 7.83. The summed E-state index contributed by atoms with van der Waals surface area (Å²) >= 11 is 0. The number of rotatable bonds is 1. The number of phenolic OH excluding ortho intramolecular Hbond substituents is 1. The molecule has 0 unspecified atom stereocenters. The number of phenols is 1. The Labute approximate surface area is 92.0 Å². The van der Waals surface area contributed by atoms with Gasteiger partial charge in [-0.2, -0.15) is 0 Å². The maximum atomic E-state index is 9.33. The zero-order chi connectivity index (χ0) is 11.0. The first-order valence-corrected chi connectivity index (χ1v) is 4.98. The molecule has 0 atom stereocenters. The Kier molecular flexibility index (Phi) is 1.90. The Morgan fingerprint density at radius 3 is 2.62 bits per heavy atom. The number of aromatic nitrogens is 1. The van der Waals surface area contributed by atoms with Gasteiger partial charge < -0.3 is 9.52 Å². The van der Waals surface area contributed by atoms with E-state index in [0.717, 1.165) is 5.56 Å². The van der Waals surface area contributed by atoms with E-state index in [4.69, 9.17) is 4.42 Å². The molecule has 3 nitrogen and oxygen atoms in total. The van der Waals surface area contributed by atoms with Gasteiger partial charge in [-0.25, -0.2) is 4.98 Å². The predicted octanol–water partition coefficient (Wildman–Crippen LogP) is 3.20. The molecule has 0 saturated carbocycles. The summed E-state index contributed by atoms with van der Waals surface area (Å²) in [6.45, 7) is 0. The SMILES string of the molecule is Oc1ccc2oc(-c3ccccc3)nc2c1. The third kappa shape index (κ3) is 1.42. The summed E-state index contributed by atoms with van der Waals surface area (Å²) in [5.41, 5.74) is 2.27. The molecule has 3 heteroatoms. The van der Waals surface area contributed by atoms with Crippen molar-refractivity contribution < 1.29 is 9.52 Å². The first kappa shape index (κ1) is 8.97. The molecule has 0 aliphatic heterocycles. The first-order valence-electron chi connectivity index (χ1n) is 4.98. The average molecular weight is 211 g/mol. The van der Waals surface area contributed by atoms with Gasteiger partial charge >= 0.3 is 0 Å². The summed E-state index contributed by atoms with van der Waals surface area (Å²) < 4.78 is 5.59. The molecule has 2 aromatic carbocycles. The fourth-order valence-corrected chi connectivity index (χ4v) is 1.62. The maximum Gasteiger partial charge on any atom is 0.227 e. The van der Waals surface area contributed by atoms with Gasteiger partial charge in [-0.3, -0.25) is 0 Å². The fourth-order valence-electron chi connectivity index (χ4n) is 1.62. The smallest absolute Gasteiger partial charge is 0.227 e. The van der Waals surface area contributed by atoms with Crippen LogP contribution >= 0.6 is 0 Å². The Balaban J connectivity index is 2.19. The van der Waals surface area contributed by atoms with Gasteiger partial charge in [-0.05, 0) is 24.3 Å². The molecule has 1 aromatic heterocycles. The van der Waals surface area contributed by atoms with E-state index < -0.39 is 0 Å². The molecule has 0 spiro atoms. The highest BCUT2D eigenvalue weighted by Gasteiger charge is 2.07. The number of aromatic hydroxyl groups is 1. The van der Waals surface area contributed by atoms with Crippen molar-refractivity contribution in [3.63, 3.8) is 0 Å². The lowest BCUT2D eigenvalue weighted by Gasteiger charge is -1.91. The predicted molar refractivity (Wildman–Crippen MR) is 61.1 cm³/mol. The minimum atomic E-state index is 0.195. The van der Waals surface area contributed by atoms with Crippen LogP contribution in [0.3, 0.4) is 0 Å². The van der Waals surface area contributed by atoms with E-state index in [2.05, 4.69) is 4.98 Å². The summed E-state index contributed by atoms with van der Waals surface area (Å²) in [7, 11) is 0. The van der Waals surface area contributed by atoms with Gasteiger partial charge in [0.25, 0.3) is 0 Å². The highest BCUT2D eigenvalue weighted by atomic mass is 16.3. The van der Waals surface area contributed by atoms with Crippen molar-refractivity contribution in [2.24, 2.45) is 0 Å². The van der Waals surface area contributed by atoms with Gasteiger partial charge in [0, 0.05) is 11.6 Å². The number of benzene rings is 2. The standard InChI is InChI=1S/C13H9NO2/c15-10-6-7-12-11(8-10)14-13(16-12)9-4-2-1-3-5-9/h1-8,15H. The van der Waals surface area contributed by atoms with Gasteiger partial charge in [-0.1, -0.05) is 18.2 Å². The molecule has 16 heavy (non-hydrogen) atoms. The van der Waals surface area contributed by atoms with Gasteiger partial charge in [-0.15, -0.1) is 0 Å². The zero-order valence-corrected chi connectivity index (χ0v) is 8.42. The molecule has 0 fully saturated rings.